The van der Waals surface area contributed by atoms with Crippen LogP contribution >= 0.6 is 11.8 Å². The van der Waals surface area contributed by atoms with Crippen LogP contribution in [0.15, 0.2) is 216 Å². The zero-order valence-corrected chi connectivity index (χ0v) is 44.4. The highest BCUT2D eigenvalue weighted by atomic mass is 32.2. The minimum Gasteiger partial charge on any atom is -0.497 e. The van der Waals surface area contributed by atoms with Crippen LogP contribution in [0.4, 0.5) is 34.1 Å². The lowest BCUT2D eigenvalue weighted by molar-refractivity contribution is 0.414. The van der Waals surface area contributed by atoms with Crippen molar-refractivity contribution >= 4 is 89.5 Å². The highest BCUT2D eigenvalue weighted by Gasteiger charge is 2.51. The quantitative estimate of drug-likeness (QED) is 0.136. The van der Waals surface area contributed by atoms with Gasteiger partial charge in [0.25, 0.3) is 0 Å². The van der Waals surface area contributed by atoms with Crippen molar-refractivity contribution in [2.75, 3.05) is 24.0 Å². The Kier molecular flexibility index (Phi) is 10.7. The summed E-state index contributed by atoms with van der Waals surface area (Å²) in [5.41, 5.74) is 20.8. The summed E-state index contributed by atoms with van der Waals surface area (Å²) in [7, 11) is 3.46. The van der Waals surface area contributed by atoms with E-state index in [-0.39, 0.29) is 0 Å². The van der Waals surface area contributed by atoms with Gasteiger partial charge in [-0.3, -0.25) is 0 Å². The monoisotopic (exact) mass is 1000 g/mol. The number of anilines is 6. The van der Waals surface area contributed by atoms with Crippen LogP contribution < -0.4 is 19.3 Å². The second-order valence-corrected chi connectivity index (χ2v) is 21.4. The topological polar surface area (TPSA) is 34.8 Å². The Morgan fingerprint density at radius 1 is 0.382 bits per heavy atom. The molecule has 370 valence electrons. The number of aromatic nitrogens is 2. The minimum atomic E-state index is -0.668. The molecule has 6 nitrogen and oxygen atoms in total. The number of rotatable bonds is 10. The Labute approximate surface area is 448 Å². The van der Waals surface area contributed by atoms with Gasteiger partial charge >= 0.3 is 0 Å². The van der Waals surface area contributed by atoms with E-state index in [0.29, 0.717) is 0 Å². The van der Waals surface area contributed by atoms with Crippen LogP contribution in [0.1, 0.15) is 47.2 Å². The standard InChI is InChI=1S/C69H56N4O2S/c1-7-70-63-33-17-43(3)37-55(63)57-39-47(25-35-65(57)70)72(45-19-27-51(74-5)28-20-45)49-23-31-53-54-32-24-50(42-62(54)69(61(53)41-49)59-13-9-11-15-67(59)76-68-16-12-10-14-60(68)69)73(46-21-29-52(75-6)30-22-46)48-26-36-66-58(40-48)56-38-44(4)18-34-64(56)71(66)8-2/h9-42H,7-8H2,1-6H3. The Hall–Kier alpha value is -8.65. The molecule has 0 saturated heterocycles. The number of benzene rings is 10. The van der Waals surface area contributed by atoms with Crippen LogP contribution in [0.3, 0.4) is 0 Å². The van der Waals surface area contributed by atoms with Crippen LogP contribution in [-0.2, 0) is 18.5 Å². The van der Waals surface area contributed by atoms with E-state index in [0.717, 1.165) is 58.7 Å². The molecule has 1 aliphatic heterocycles. The number of nitrogens with zero attached hydrogens (tertiary/aromatic N) is 4. The lowest BCUT2D eigenvalue weighted by Gasteiger charge is -2.40. The lowest BCUT2D eigenvalue weighted by Crippen LogP contribution is -2.32. The number of methoxy groups -OCH3 is 2. The third kappa shape index (κ3) is 6.81. The van der Waals surface area contributed by atoms with Gasteiger partial charge in [0.15, 0.2) is 0 Å². The summed E-state index contributed by atoms with van der Waals surface area (Å²) in [5, 5.41) is 5.03. The van der Waals surface area contributed by atoms with Gasteiger partial charge in [-0.25, -0.2) is 0 Å². The van der Waals surface area contributed by atoms with Gasteiger partial charge in [0.2, 0.25) is 0 Å². The molecule has 0 fully saturated rings. The zero-order valence-electron chi connectivity index (χ0n) is 43.6. The largest absolute Gasteiger partial charge is 0.497 e. The van der Waals surface area contributed by atoms with Crippen molar-refractivity contribution in [3.05, 3.63) is 240 Å². The molecule has 12 aromatic rings. The van der Waals surface area contributed by atoms with Gasteiger partial charge in [-0.15, -0.1) is 0 Å². The van der Waals surface area contributed by atoms with E-state index in [9.17, 15) is 0 Å². The number of fused-ring (bicyclic) bond motifs is 15. The van der Waals surface area contributed by atoms with Gasteiger partial charge in [-0.2, -0.15) is 0 Å². The molecule has 0 N–H and O–H groups in total. The van der Waals surface area contributed by atoms with Gasteiger partial charge in [0.05, 0.1) is 19.6 Å². The molecule has 10 aromatic carbocycles. The fourth-order valence-corrected chi connectivity index (χ4v) is 14.1. The van der Waals surface area contributed by atoms with Crippen molar-refractivity contribution < 1.29 is 9.47 Å². The second-order valence-electron chi connectivity index (χ2n) is 20.3. The van der Waals surface area contributed by atoms with Crippen molar-refractivity contribution in [2.24, 2.45) is 0 Å². The third-order valence-electron chi connectivity index (χ3n) is 16.2. The maximum atomic E-state index is 5.74. The Morgan fingerprint density at radius 2 is 0.737 bits per heavy atom. The Balaban J connectivity index is 1.02. The van der Waals surface area contributed by atoms with E-state index < -0.39 is 5.41 Å². The first kappa shape index (κ1) is 45.9. The highest BCUT2D eigenvalue weighted by Crippen LogP contribution is 2.63. The summed E-state index contributed by atoms with van der Waals surface area (Å²) in [5.74, 6) is 1.64. The first-order valence-corrected chi connectivity index (χ1v) is 27.2. The molecule has 0 bridgehead atoms. The fourth-order valence-electron chi connectivity index (χ4n) is 12.9. The summed E-state index contributed by atoms with van der Waals surface area (Å²) < 4.78 is 16.3. The Morgan fingerprint density at radius 3 is 1.14 bits per heavy atom. The van der Waals surface area contributed by atoms with Crippen molar-refractivity contribution in [1.29, 1.82) is 0 Å². The zero-order chi connectivity index (χ0) is 51.4. The molecule has 0 unspecified atom stereocenters. The summed E-state index contributed by atoms with van der Waals surface area (Å²) in [6.45, 7) is 10.6. The fraction of sp³-hybridized carbons (Fsp3) is 0.130. The van der Waals surface area contributed by atoms with Crippen LogP contribution in [0, 0.1) is 13.8 Å². The molecule has 2 aliphatic rings. The smallest absolute Gasteiger partial charge is 0.119 e. The SMILES string of the molecule is CCn1c2ccc(C)cc2c2cc(N(c3ccc(OC)cc3)c3ccc4c(c3)C3(c5ccccc5Sc5ccccc53)c3cc(N(c5ccc(OC)cc5)c5ccc6c(c5)c5cc(C)ccc5n6CC)ccc3-4)ccc21. The molecule has 0 amide bonds. The van der Waals surface area contributed by atoms with Crippen LogP contribution in [0.2, 0.25) is 0 Å². The van der Waals surface area contributed by atoms with Crippen molar-refractivity contribution in [1.82, 2.24) is 9.13 Å². The maximum Gasteiger partial charge on any atom is 0.119 e. The molecule has 14 rings (SSSR count). The first-order chi connectivity index (χ1) is 37.3. The van der Waals surface area contributed by atoms with Crippen molar-refractivity contribution in [3.8, 4) is 22.6 Å². The molecule has 2 aromatic heterocycles. The molecular formula is C69H56N4O2S. The molecule has 1 spiro atoms. The number of hydrogen-bond acceptors (Lipinski definition) is 5. The highest BCUT2D eigenvalue weighted by molar-refractivity contribution is 7.99. The molecular weight excluding hydrogens is 949 g/mol. The first-order valence-electron chi connectivity index (χ1n) is 26.4. The number of hydrogen-bond donors (Lipinski definition) is 0. The average Bonchev–Trinajstić information content (AvgIpc) is 4.24. The summed E-state index contributed by atoms with van der Waals surface area (Å²) in [6, 6.07) is 77.3. The van der Waals surface area contributed by atoms with E-state index in [1.54, 1.807) is 14.2 Å². The van der Waals surface area contributed by atoms with Crippen LogP contribution in [-0.4, -0.2) is 23.4 Å². The van der Waals surface area contributed by atoms with Crippen LogP contribution in [0.5, 0.6) is 11.5 Å². The molecule has 3 heterocycles. The average molecular weight is 1010 g/mol. The number of aryl methyl sites for hydroxylation is 4. The maximum absolute atomic E-state index is 5.74. The predicted molar refractivity (Wildman–Crippen MR) is 317 cm³/mol. The second kappa shape index (κ2) is 17.7. The van der Waals surface area contributed by atoms with E-state index >= 15 is 0 Å². The van der Waals surface area contributed by atoms with Crippen molar-refractivity contribution in [3.63, 3.8) is 0 Å². The van der Waals surface area contributed by atoms with Crippen molar-refractivity contribution in [2.45, 2.75) is 56.0 Å². The molecule has 76 heavy (non-hydrogen) atoms. The van der Waals surface area contributed by atoms with E-state index in [1.165, 1.54) is 97.9 Å². The van der Waals surface area contributed by atoms with Gasteiger partial charge in [0, 0.05) is 101 Å². The Bertz CT molecular complexity index is 4020. The lowest BCUT2D eigenvalue weighted by atomic mass is 9.67. The molecule has 0 radical (unpaired) electrons. The summed E-state index contributed by atoms with van der Waals surface area (Å²) >= 11 is 1.87. The van der Waals surface area contributed by atoms with Gasteiger partial charge in [0.1, 0.15) is 11.5 Å². The predicted octanol–water partition coefficient (Wildman–Crippen LogP) is 18.3. The molecule has 0 saturated carbocycles. The molecule has 0 atom stereocenters. The normalized spacial score (nSPS) is 13.0. The van der Waals surface area contributed by atoms with Gasteiger partial charge < -0.3 is 28.4 Å². The number of ether oxygens (including phenoxy) is 2. The molecule has 7 heteroatoms. The van der Waals surface area contributed by atoms with Gasteiger partial charge in [-0.1, -0.05) is 83.6 Å². The van der Waals surface area contributed by atoms with Gasteiger partial charge in [-0.05, 0) is 207 Å². The van der Waals surface area contributed by atoms with E-state index in [4.69, 9.17) is 9.47 Å². The third-order valence-corrected chi connectivity index (χ3v) is 17.4. The summed E-state index contributed by atoms with van der Waals surface area (Å²) in [4.78, 5) is 7.38. The molecule has 1 aliphatic carbocycles. The van der Waals surface area contributed by atoms with Crippen LogP contribution in [0.25, 0.3) is 54.7 Å². The van der Waals surface area contributed by atoms with E-state index in [1.807, 2.05) is 11.8 Å². The van der Waals surface area contributed by atoms with E-state index in [2.05, 4.69) is 253 Å². The summed E-state index contributed by atoms with van der Waals surface area (Å²) in [6.07, 6.45) is 0. The minimum absolute atomic E-state index is 0.668.